The first-order valence-electron chi connectivity index (χ1n) is 5.69. The summed E-state index contributed by atoms with van der Waals surface area (Å²) in [4.78, 5) is 20.1. The fourth-order valence-electron chi connectivity index (χ4n) is 1.64. The number of aromatic nitrogens is 2. The van der Waals surface area contributed by atoms with Gasteiger partial charge in [-0.15, -0.1) is 0 Å². The van der Waals surface area contributed by atoms with Crippen molar-refractivity contribution in [3.05, 3.63) is 17.6 Å². The number of hydrogen-bond acceptors (Lipinski definition) is 4. The van der Waals surface area contributed by atoms with Gasteiger partial charge in [0.1, 0.15) is 11.6 Å². The van der Waals surface area contributed by atoms with Crippen LogP contribution in [0.25, 0.3) is 0 Å². The molecule has 0 spiro atoms. The molecule has 4 nitrogen and oxygen atoms in total. The molecule has 0 N–H and O–H groups in total. The van der Waals surface area contributed by atoms with Crippen molar-refractivity contribution in [1.82, 2.24) is 9.97 Å². The number of carbonyl (C=O) groups excluding carboxylic acids is 1. The summed E-state index contributed by atoms with van der Waals surface area (Å²) in [6.45, 7) is 4.30. The number of rotatable bonds is 5. The van der Waals surface area contributed by atoms with Gasteiger partial charge in [-0.2, -0.15) is 4.98 Å². The molecule has 1 aromatic heterocycles. The minimum Gasteiger partial charge on any atom is -0.478 e. The van der Waals surface area contributed by atoms with Gasteiger partial charge in [0.25, 0.3) is 0 Å². The van der Waals surface area contributed by atoms with Crippen molar-refractivity contribution in [3.63, 3.8) is 0 Å². The highest BCUT2D eigenvalue weighted by atomic mass is 16.5. The second kappa shape index (κ2) is 4.60. The smallest absolute Gasteiger partial charge is 0.216 e. The molecular weight excluding hydrogens is 204 g/mol. The Balaban J connectivity index is 2.09. The Morgan fingerprint density at radius 2 is 2.25 bits per heavy atom. The first-order chi connectivity index (χ1) is 7.69. The number of aryl methyl sites for hydroxylation is 1. The summed E-state index contributed by atoms with van der Waals surface area (Å²) in [6.07, 6.45) is 2.50. The molecule has 0 bridgehead atoms. The van der Waals surface area contributed by atoms with Crippen LogP contribution in [0.15, 0.2) is 6.07 Å². The molecule has 1 aliphatic rings. The van der Waals surface area contributed by atoms with E-state index in [4.69, 9.17) is 4.74 Å². The molecule has 16 heavy (non-hydrogen) atoms. The Morgan fingerprint density at radius 3 is 2.88 bits per heavy atom. The second-order valence-corrected chi connectivity index (χ2v) is 4.10. The van der Waals surface area contributed by atoms with Crippen molar-refractivity contribution in [1.29, 1.82) is 0 Å². The third kappa shape index (κ3) is 2.78. The molecule has 0 saturated heterocycles. The van der Waals surface area contributed by atoms with Crippen molar-refractivity contribution in [2.24, 2.45) is 5.92 Å². The Morgan fingerprint density at radius 1 is 1.50 bits per heavy atom. The number of nitrogens with zero attached hydrogens (tertiary/aromatic N) is 2. The first kappa shape index (κ1) is 11.0. The normalized spacial score (nSPS) is 14.9. The van der Waals surface area contributed by atoms with E-state index in [0.717, 1.165) is 18.5 Å². The van der Waals surface area contributed by atoms with Gasteiger partial charge in [-0.1, -0.05) is 0 Å². The van der Waals surface area contributed by atoms with Crippen LogP contribution in [-0.2, 0) is 11.2 Å². The third-order valence-corrected chi connectivity index (χ3v) is 2.55. The van der Waals surface area contributed by atoms with Gasteiger partial charge in [-0.05, 0) is 26.7 Å². The maximum Gasteiger partial charge on any atom is 0.216 e. The van der Waals surface area contributed by atoms with Gasteiger partial charge in [0.05, 0.1) is 12.3 Å². The van der Waals surface area contributed by atoms with Gasteiger partial charge >= 0.3 is 0 Å². The average molecular weight is 220 g/mol. The summed E-state index contributed by atoms with van der Waals surface area (Å²) in [7, 11) is 0. The summed E-state index contributed by atoms with van der Waals surface area (Å²) in [6, 6.07) is 1.76. The topological polar surface area (TPSA) is 52.1 Å². The van der Waals surface area contributed by atoms with E-state index >= 15 is 0 Å². The Labute approximate surface area is 95.1 Å². The van der Waals surface area contributed by atoms with Crippen LogP contribution < -0.4 is 4.74 Å². The lowest BCUT2D eigenvalue weighted by Crippen LogP contribution is -2.08. The molecule has 2 rings (SSSR count). The first-order valence-corrected chi connectivity index (χ1v) is 5.69. The second-order valence-electron chi connectivity index (χ2n) is 4.10. The van der Waals surface area contributed by atoms with Crippen molar-refractivity contribution >= 4 is 5.78 Å². The summed E-state index contributed by atoms with van der Waals surface area (Å²) >= 11 is 0. The molecule has 1 fully saturated rings. The number of ketones is 1. The fourth-order valence-corrected chi connectivity index (χ4v) is 1.64. The van der Waals surface area contributed by atoms with E-state index in [-0.39, 0.29) is 5.92 Å². The van der Waals surface area contributed by atoms with Crippen LogP contribution in [0.1, 0.15) is 31.3 Å². The Hall–Kier alpha value is -1.45. The van der Waals surface area contributed by atoms with Gasteiger partial charge < -0.3 is 4.74 Å². The van der Waals surface area contributed by atoms with Gasteiger partial charge in [0, 0.05) is 18.4 Å². The van der Waals surface area contributed by atoms with E-state index < -0.39 is 0 Å². The molecule has 0 amide bonds. The highest BCUT2D eigenvalue weighted by Crippen LogP contribution is 2.30. The van der Waals surface area contributed by atoms with Gasteiger partial charge in [0.2, 0.25) is 5.88 Å². The minimum atomic E-state index is 0.283. The van der Waals surface area contributed by atoms with Crippen molar-refractivity contribution in [2.45, 2.75) is 33.1 Å². The van der Waals surface area contributed by atoms with Crippen LogP contribution in [0.5, 0.6) is 5.88 Å². The molecule has 1 saturated carbocycles. The van der Waals surface area contributed by atoms with Crippen LogP contribution in [0.2, 0.25) is 0 Å². The third-order valence-electron chi connectivity index (χ3n) is 2.55. The van der Waals surface area contributed by atoms with Gasteiger partial charge in [-0.3, -0.25) is 4.79 Å². The molecule has 1 aromatic rings. The number of carbonyl (C=O) groups is 1. The van der Waals surface area contributed by atoms with Crippen LogP contribution in [0.4, 0.5) is 0 Å². The van der Waals surface area contributed by atoms with Gasteiger partial charge in [0.15, 0.2) is 0 Å². The molecule has 0 aliphatic heterocycles. The zero-order valence-electron chi connectivity index (χ0n) is 9.69. The lowest BCUT2D eigenvalue weighted by molar-refractivity contribution is -0.119. The minimum absolute atomic E-state index is 0.283. The fraction of sp³-hybridized carbons (Fsp3) is 0.583. The molecule has 0 radical (unpaired) electrons. The van der Waals surface area contributed by atoms with Gasteiger partial charge in [-0.25, -0.2) is 4.98 Å². The molecular formula is C12H16N2O2. The van der Waals surface area contributed by atoms with E-state index in [0.29, 0.717) is 30.5 Å². The lowest BCUT2D eigenvalue weighted by Gasteiger charge is -2.05. The van der Waals surface area contributed by atoms with Crippen LogP contribution in [-0.4, -0.2) is 22.4 Å². The van der Waals surface area contributed by atoms with Crippen molar-refractivity contribution in [3.8, 4) is 5.88 Å². The monoisotopic (exact) mass is 220 g/mol. The average Bonchev–Trinajstić information content (AvgIpc) is 2.99. The summed E-state index contributed by atoms with van der Waals surface area (Å²) in [5.41, 5.74) is 0.771. The summed E-state index contributed by atoms with van der Waals surface area (Å²) in [5.74, 6) is 1.80. The summed E-state index contributed by atoms with van der Waals surface area (Å²) < 4.78 is 5.32. The molecule has 0 atom stereocenters. The molecule has 1 aliphatic carbocycles. The highest BCUT2D eigenvalue weighted by Gasteiger charge is 2.29. The zero-order chi connectivity index (χ0) is 11.5. The molecule has 0 unspecified atom stereocenters. The van der Waals surface area contributed by atoms with Crippen molar-refractivity contribution in [2.75, 3.05) is 6.61 Å². The Kier molecular flexibility index (Phi) is 3.17. The predicted molar refractivity (Wildman–Crippen MR) is 59.4 cm³/mol. The maximum atomic E-state index is 11.7. The van der Waals surface area contributed by atoms with Crippen molar-refractivity contribution < 1.29 is 9.53 Å². The largest absolute Gasteiger partial charge is 0.478 e. The molecule has 86 valence electrons. The maximum absolute atomic E-state index is 11.7. The van der Waals surface area contributed by atoms with E-state index in [1.807, 2.05) is 13.8 Å². The highest BCUT2D eigenvalue weighted by molar-refractivity contribution is 5.84. The molecule has 1 heterocycles. The molecule has 4 heteroatoms. The van der Waals surface area contributed by atoms with E-state index in [9.17, 15) is 4.79 Å². The van der Waals surface area contributed by atoms with E-state index in [1.54, 1.807) is 6.07 Å². The SMILES string of the molecule is CCOc1cc(CC(=O)C2CC2)nc(C)n1. The van der Waals surface area contributed by atoms with E-state index in [2.05, 4.69) is 9.97 Å². The molecule has 0 aromatic carbocycles. The lowest BCUT2D eigenvalue weighted by atomic mass is 10.1. The number of Topliss-reactive ketones (excluding diaryl/α,β-unsaturated/α-hetero) is 1. The quantitative estimate of drug-likeness (QED) is 0.758. The van der Waals surface area contributed by atoms with Crippen LogP contribution in [0, 0.1) is 12.8 Å². The number of hydrogen-bond donors (Lipinski definition) is 0. The van der Waals surface area contributed by atoms with Crippen LogP contribution in [0.3, 0.4) is 0 Å². The van der Waals surface area contributed by atoms with Crippen LogP contribution >= 0.6 is 0 Å². The predicted octanol–water partition coefficient (Wildman–Crippen LogP) is 1.71. The standard InChI is InChI=1S/C12H16N2O2/c1-3-16-12-7-10(13-8(2)14-12)6-11(15)9-4-5-9/h7,9H,3-6H2,1-2H3. The zero-order valence-corrected chi connectivity index (χ0v) is 9.69. The Bertz CT molecular complexity index is 400. The number of ether oxygens (including phenoxy) is 1. The van der Waals surface area contributed by atoms with E-state index in [1.165, 1.54) is 0 Å². The summed E-state index contributed by atoms with van der Waals surface area (Å²) in [5, 5.41) is 0.